The quantitative estimate of drug-likeness (QED) is 0.796. The largest absolute Gasteiger partial charge is 0.497 e. The lowest BCUT2D eigenvalue weighted by Crippen LogP contribution is -2.28. The summed E-state index contributed by atoms with van der Waals surface area (Å²) in [5.41, 5.74) is 0.662. The third-order valence-corrected chi connectivity index (χ3v) is 5.32. The normalized spacial score (nSPS) is 14.9. The van der Waals surface area contributed by atoms with Gasteiger partial charge < -0.3 is 9.47 Å². The van der Waals surface area contributed by atoms with Crippen molar-refractivity contribution in [2.75, 3.05) is 20.3 Å². The van der Waals surface area contributed by atoms with Gasteiger partial charge in [-0.15, -0.1) is 0 Å². The van der Waals surface area contributed by atoms with Crippen molar-refractivity contribution in [2.24, 2.45) is 0 Å². The van der Waals surface area contributed by atoms with Gasteiger partial charge in [-0.25, -0.2) is 18.1 Å². The van der Waals surface area contributed by atoms with E-state index < -0.39 is 22.2 Å². The van der Waals surface area contributed by atoms with Gasteiger partial charge in [-0.05, 0) is 29.8 Å². The summed E-state index contributed by atoms with van der Waals surface area (Å²) >= 11 is 0. The van der Waals surface area contributed by atoms with E-state index in [1.165, 1.54) is 24.1 Å². The molecule has 3 rings (SSSR count). The third kappa shape index (κ3) is 4.58. The molecule has 0 bridgehead atoms. The number of sulfonamides is 1. The number of hydrogen-bond acceptors (Lipinski definition) is 5. The van der Waals surface area contributed by atoms with E-state index in [0.29, 0.717) is 17.9 Å². The number of nitrogens with zero attached hydrogens (tertiary/aromatic N) is 1. The summed E-state index contributed by atoms with van der Waals surface area (Å²) in [6.07, 6.45) is -0.535. The lowest BCUT2D eigenvalue weighted by atomic mass is 10.1. The molecular weight excluding hydrogens is 368 g/mol. The van der Waals surface area contributed by atoms with Crippen molar-refractivity contribution in [3.8, 4) is 17.7 Å². The molecule has 1 heterocycles. The molecular formula is C19H18N2O5S. The number of rotatable bonds is 5. The van der Waals surface area contributed by atoms with E-state index in [1.807, 2.05) is 6.07 Å². The Labute approximate surface area is 157 Å². The lowest BCUT2D eigenvalue weighted by Gasteiger charge is -2.15. The van der Waals surface area contributed by atoms with Crippen molar-refractivity contribution in [2.45, 2.75) is 10.9 Å². The molecule has 1 N–H and O–H groups in total. The summed E-state index contributed by atoms with van der Waals surface area (Å²) in [5.74, 6) is 3.37. The predicted molar refractivity (Wildman–Crippen MR) is 98.3 cm³/mol. The second-order valence-electron chi connectivity index (χ2n) is 5.66. The van der Waals surface area contributed by atoms with Crippen molar-refractivity contribution < 1.29 is 22.7 Å². The Hall–Kier alpha value is -3.02. The second-order valence-corrected chi connectivity index (χ2v) is 7.38. The average Bonchev–Trinajstić information content (AvgIpc) is 3.10. The van der Waals surface area contributed by atoms with Crippen molar-refractivity contribution in [1.82, 2.24) is 9.62 Å². The van der Waals surface area contributed by atoms with Crippen LogP contribution in [0.2, 0.25) is 0 Å². The molecule has 0 spiro atoms. The zero-order valence-corrected chi connectivity index (χ0v) is 15.4. The van der Waals surface area contributed by atoms with E-state index in [0.717, 1.165) is 0 Å². The number of carbonyl (C=O) groups excluding carboxylic acids is 1. The first-order valence-corrected chi connectivity index (χ1v) is 9.65. The maximum absolute atomic E-state index is 12.8. The number of nitrogens with one attached hydrogen (secondary N) is 1. The SMILES string of the molecule is COc1ccc(S(=O)(=O)NC(C#CN2CCOC2=O)c2ccccc2)cc1. The number of benzene rings is 2. The summed E-state index contributed by atoms with van der Waals surface area (Å²) < 4.78 is 38.0. The first-order valence-electron chi connectivity index (χ1n) is 8.16. The summed E-state index contributed by atoms with van der Waals surface area (Å²) in [6, 6.07) is 16.8. The molecule has 27 heavy (non-hydrogen) atoms. The number of hydrogen-bond donors (Lipinski definition) is 1. The summed E-state index contributed by atoms with van der Waals surface area (Å²) in [4.78, 5) is 12.9. The molecule has 1 fully saturated rings. The number of amides is 1. The van der Waals surface area contributed by atoms with Crippen molar-refractivity contribution in [3.63, 3.8) is 0 Å². The first kappa shape index (κ1) is 18.8. The van der Waals surface area contributed by atoms with E-state index in [4.69, 9.17) is 9.47 Å². The van der Waals surface area contributed by atoms with Crippen LogP contribution >= 0.6 is 0 Å². The molecule has 2 aromatic carbocycles. The Kier molecular flexibility index (Phi) is 5.64. The average molecular weight is 386 g/mol. The smallest absolute Gasteiger partial charge is 0.421 e. The molecule has 8 heteroatoms. The molecule has 7 nitrogen and oxygen atoms in total. The van der Waals surface area contributed by atoms with Crippen LogP contribution in [0.3, 0.4) is 0 Å². The van der Waals surface area contributed by atoms with Crippen LogP contribution in [-0.4, -0.2) is 39.7 Å². The van der Waals surface area contributed by atoms with E-state index in [9.17, 15) is 13.2 Å². The van der Waals surface area contributed by atoms with Gasteiger partial charge in [0.2, 0.25) is 10.0 Å². The van der Waals surface area contributed by atoms with Gasteiger partial charge in [-0.1, -0.05) is 36.3 Å². The van der Waals surface area contributed by atoms with Gasteiger partial charge in [-0.3, -0.25) is 0 Å². The van der Waals surface area contributed by atoms with Crippen LogP contribution in [0.15, 0.2) is 59.5 Å². The molecule has 1 unspecified atom stereocenters. The van der Waals surface area contributed by atoms with Gasteiger partial charge >= 0.3 is 6.09 Å². The van der Waals surface area contributed by atoms with Crippen LogP contribution in [0.4, 0.5) is 4.79 Å². The molecule has 1 aliphatic rings. The summed E-state index contributed by atoms with van der Waals surface area (Å²) in [6.45, 7) is 0.611. The predicted octanol–water partition coefficient (Wildman–Crippen LogP) is 2.13. The molecule has 1 aliphatic heterocycles. The fraction of sp³-hybridized carbons (Fsp3) is 0.211. The van der Waals surface area contributed by atoms with Gasteiger partial charge in [0, 0.05) is 6.04 Å². The second kappa shape index (κ2) is 8.12. The number of carbonyl (C=O) groups is 1. The van der Waals surface area contributed by atoms with Gasteiger partial charge in [0.05, 0.1) is 18.6 Å². The summed E-state index contributed by atoms with van der Waals surface area (Å²) in [5, 5.41) is 0. The Bertz CT molecular complexity index is 963. The molecule has 2 aromatic rings. The third-order valence-electron chi connectivity index (χ3n) is 3.88. The molecule has 0 aliphatic carbocycles. The number of cyclic esters (lactones) is 1. The zero-order chi connectivity index (χ0) is 19.3. The van der Waals surface area contributed by atoms with E-state index in [2.05, 4.69) is 16.7 Å². The summed E-state index contributed by atoms with van der Waals surface area (Å²) in [7, 11) is -2.33. The highest BCUT2D eigenvalue weighted by atomic mass is 32.2. The van der Waals surface area contributed by atoms with Gasteiger partial charge in [-0.2, -0.15) is 4.72 Å². The fourth-order valence-electron chi connectivity index (χ4n) is 2.44. The Balaban J connectivity index is 1.88. The molecule has 1 amide bonds. The van der Waals surface area contributed by atoms with Gasteiger partial charge in [0.25, 0.3) is 0 Å². The van der Waals surface area contributed by atoms with Crippen molar-refractivity contribution >= 4 is 16.1 Å². The van der Waals surface area contributed by atoms with E-state index >= 15 is 0 Å². The standard InChI is InChI=1S/C19H18N2O5S/c1-25-16-7-9-17(10-8-16)27(23,24)20-18(15-5-3-2-4-6-15)11-12-21-13-14-26-19(21)22/h2-10,18,20H,13-14H2,1H3. The Morgan fingerprint density at radius 3 is 2.44 bits per heavy atom. The Morgan fingerprint density at radius 2 is 1.85 bits per heavy atom. The van der Waals surface area contributed by atoms with E-state index in [1.54, 1.807) is 36.4 Å². The van der Waals surface area contributed by atoms with Crippen LogP contribution < -0.4 is 9.46 Å². The van der Waals surface area contributed by atoms with Crippen LogP contribution in [0.25, 0.3) is 0 Å². The topological polar surface area (TPSA) is 84.9 Å². The fourth-order valence-corrected chi connectivity index (χ4v) is 3.58. The highest BCUT2D eigenvalue weighted by Gasteiger charge is 2.23. The van der Waals surface area contributed by atoms with Crippen LogP contribution in [-0.2, 0) is 14.8 Å². The zero-order valence-electron chi connectivity index (χ0n) is 14.6. The lowest BCUT2D eigenvalue weighted by molar-refractivity contribution is 0.167. The van der Waals surface area contributed by atoms with Gasteiger partial charge in [0.15, 0.2) is 0 Å². The molecule has 0 saturated carbocycles. The van der Waals surface area contributed by atoms with Crippen LogP contribution in [0, 0.1) is 12.0 Å². The molecule has 140 valence electrons. The molecule has 0 aromatic heterocycles. The molecule has 1 atom stereocenters. The highest BCUT2D eigenvalue weighted by molar-refractivity contribution is 7.89. The molecule has 0 radical (unpaired) electrons. The van der Waals surface area contributed by atoms with Crippen LogP contribution in [0.1, 0.15) is 11.6 Å². The van der Waals surface area contributed by atoms with Gasteiger partial charge in [0.1, 0.15) is 18.4 Å². The van der Waals surface area contributed by atoms with Crippen molar-refractivity contribution in [1.29, 1.82) is 0 Å². The monoisotopic (exact) mass is 386 g/mol. The minimum Gasteiger partial charge on any atom is -0.497 e. The maximum atomic E-state index is 12.8. The number of ether oxygens (including phenoxy) is 2. The first-order chi connectivity index (χ1) is 13.0. The minimum atomic E-state index is -3.83. The number of methoxy groups -OCH3 is 1. The highest BCUT2D eigenvalue weighted by Crippen LogP contribution is 2.19. The van der Waals surface area contributed by atoms with E-state index in [-0.39, 0.29) is 11.5 Å². The minimum absolute atomic E-state index is 0.0895. The molecule has 1 saturated heterocycles. The Morgan fingerprint density at radius 1 is 1.15 bits per heavy atom. The van der Waals surface area contributed by atoms with Crippen molar-refractivity contribution in [3.05, 3.63) is 60.2 Å². The van der Waals surface area contributed by atoms with Crippen LogP contribution in [0.5, 0.6) is 5.75 Å². The maximum Gasteiger partial charge on any atom is 0.421 e.